The van der Waals surface area contributed by atoms with Crippen LogP contribution in [-0.4, -0.2) is 55.2 Å². The first kappa shape index (κ1) is 27.5. The second-order valence-electron chi connectivity index (χ2n) is 9.21. The van der Waals surface area contributed by atoms with Crippen molar-refractivity contribution in [2.24, 2.45) is 0 Å². The molecule has 0 unspecified atom stereocenters. The normalized spacial score (nSPS) is 15.3. The van der Waals surface area contributed by atoms with Gasteiger partial charge in [-0.1, -0.05) is 18.0 Å². The average molecular weight is 576 g/mol. The van der Waals surface area contributed by atoms with Crippen LogP contribution in [0, 0.1) is 0 Å². The van der Waals surface area contributed by atoms with Gasteiger partial charge in [-0.25, -0.2) is 9.78 Å². The molecule has 13 nitrogen and oxygen atoms in total. The molecule has 0 radical (unpaired) electrons. The van der Waals surface area contributed by atoms with E-state index in [0.29, 0.717) is 70.4 Å². The van der Waals surface area contributed by atoms with Crippen molar-refractivity contribution in [2.45, 2.75) is 31.7 Å². The molecule has 0 fully saturated rings. The molecule has 1 atom stereocenters. The van der Waals surface area contributed by atoms with Gasteiger partial charge in [-0.05, 0) is 65.7 Å². The van der Waals surface area contributed by atoms with Gasteiger partial charge in [0.2, 0.25) is 11.8 Å². The van der Waals surface area contributed by atoms with E-state index in [1.165, 1.54) is 24.2 Å². The molecule has 0 spiro atoms. The molecule has 210 valence electrons. The minimum atomic E-state index is -0.622. The maximum absolute atomic E-state index is 13.0. The molecule has 3 heterocycles. The molecule has 1 aliphatic heterocycles. The molecule has 14 heteroatoms. The third-order valence-corrected chi connectivity index (χ3v) is 6.64. The van der Waals surface area contributed by atoms with E-state index in [1.807, 2.05) is 0 Å². The molecule has 0 saturated heterocycles. The molecule has 2 aromatic heterocycles. The van der Waals surface area contributed by atoms with E-state index in [2.05, 4.69) is 46.2 Å². The van der Waals surface area contributed by atoms with Gasteiger partial charge in [-0.2, -0.15) is 4.68 Å². The first-order valence-electron chi connectivity index (χ1n) is 12.8. The van der Waals surface area contributed by atoms with Crippen molar-refractivity contribution in [3.8, 4) is 16.9 Å². The minimum absolute atomic E-state index is 0.162. The van der Waals surface area contributed by atoms with Gasteiger partial charge in [-0.15, -0.1) is 5.10 Å². The Balaban J connectivity index is 1.38. The highest BCUT2D eigenvalue weighted by atomic mass is 35.5. The molecule has 4 N–H and O–H groups in total. The van der Waals surface area contributed by atoms with Crippen molar-refractivity contribution < 1.29 is 19.1 Å². The summed E-state index contributed by atoms with van der Waals surface area (Å²) in [6.07, 6.45) is 7.67. The van der Waals surface area contributed by atoms with Gasteiger partial charge in [0.1, 0.15) is 12.2 Å². The van der Waals surface area contributed by atoms with Gasteiger partial charge in [0.05, 0.1) is 36.4 Å². The summed E-state index contributed by atoms with van der Waals surface area (Å²) in [5.41, 5.74) is 3.59. The number of methoxy groups -OCH3 is 1. The lowest BCUT2D eigenvalue weighted by Crippen LogP contribution is -2.28. The van der Waals surface area contributed by atoms with Gasteiger partial charge in [0, 0.05) is 34.3 Å². The lowest BCUT2D eigenvalue weighted by atomic mass is 10.1. The molecule has 3 amide bonds. The van der Waals surface area contributed by atoms with E-state index in [0.717, 1.165) is 0 Å². The lowest BCUT2D eigenvalue weighted by Gasteiger charge is -2.17. The largest absolute Gasteiger partial charge is 0.453 e. The van der Waals surface area contributed by atoms with Crippen LogP contribution in [0.15, 0.2) is 55.0 Å². The van der Waals surface area contributed by atoms with Gasteiger partial charge in [-0.3, -0.25) is 14.9 Å². The van der Waals surface area contributed by atoms with Crippen molar-refractivity contribution >= 4 is 47.0 Å². The maximum Gasteiger partial charge on any atom is 0.411 e. The number of H-pyrrole nitrogens is 1. The Hall–Kier alpha value is -5.04. The fourth-order valence-electron chi connectivity index (χ4n) is 4.43. The number of nitrogens with zero attached hydrogens (tertiary/aromatic N) is 5. The highest BCUT2D eigenvalue weighted by Gasteiger charge is 2.20. The van der Waals surface area contributed by atoms with Crippen LogP contribution in [0.4, 0.5) is 16.2 Å². The molecule has 2 bridgehead atoms. The maximum atomic E-state index is 13.0. The number of halogens is 1. The second-order valence-corrected chi connectivity index (χ2v) is 9.64. The van der Waals surface area contributed by atoms with E-state index in [9.17, 15) is 14.4 Å². The molecule has 41 heavy (non-hydrogen) atoms. The van der Waals surface area contributed by atoms with Crippen LogP contribution in [0.3, 0.4) is 0 Å². The van der Waals surface area contributed by atoms with Crippen LogP contribution in [0.5, 0.6) is 0 Å². The summed E-state index contributed by atoms with van der Waals surface area (Å²) in [7, 11) is 1.27. The fourth-order valence-corrected chi connectivity index (χ4v) is 4.61. The number of hydrogen-bond donors (Lipinski definition) is 4. The summed E-state index contributed by atoms with van der Waals surface area (Å²) >= 11 is 6.19. The number of hydrogen-bond acceptors (Lipinski definition) is 8. The Labute approximate surface area is 239 Å². The summed E-state index contributed by atoms with van der Waals surface area (Å²) in [6, 6.07) is 9.86. The van der Waals surface area contributed by atoms with Gasteiger partial charge < -0.3 is 20.4 Å². The fraction of sp³-hybridized carbons (Fsp3) is 0.222. The average Bonchev–Trinajstić information content (AvgIpc) is 3.66. The Kier molecular flexibility index (Phi) is 8.34. The molecular formula is C27H26ClN9O4. The number of ether oxygens (including phenoxy) is 1. The first-order chi connectivity index (χ1) is 19.9. The zero-order valence-electron chi connectivity index (χ0n) is 21.9. The highest BCUT2D eigenvalue weighted by molar-refractivity contribution is 6.30. The number of imidazole rings is 1. The van der Waals surface area contributed by atoms with Crippen LogP contribution >= 0.6 is 11.6 Å². The third-order valence-electron chi connectivity index (χ3n) is 6.40. The van der Waals surface area contributed by atoms with Crippen molar-refractivity contribution in [1.82, 2.24) is 35.5 Å². The van der Waals surface area contributed by atoms with Crippen LogP contribution in [-0.2, 0) is 14.3 Å². The SMILES string of the molecule is COC(=O)Nc1ccc2c(c1)NC(=O)CCCC[C@H](NC(=O)C=Cc1cc(Cl)ccc1-n1cnnn1)c1ncc-2[nH]1. The number of benzene rings is 2. The predicted molar refractivity (Wildman–Crippen MR) is 151 cm³/mol. The smallest absolute Gasteiger partial charge is 0.411 e. The third kappa shape index (κ3) is 6.76. The number of carbonyl (C=O) groups is 3. The van der Waals surface area contributed by atoms with Crippen molar-refractivity contribution in [3.05, 3.63) is 71.4 Å². The zero-order chi connectivity index (χ0) is 28.8. The summed E-state index contributed by atoms with van der Waals surface area (Å²) in [5.74, 6) is 0.0815. The van der Waals surface area contributed by atoms with Crippen LogP contribution in [0.25, 0.3) is 23.0 Å². The minimum Gasteiger partial charge on any atom is -0.453 e. The van der Waals surface area contributed by atoms with Crippen LogP contribution < -0.4 is 16.0 Å². The van der Waals surface area contributed by atoms with Gasteiger partial charge >= 0.3 is 6.09 Å². The summed E-state index contributed by atoms with van der Waals surface area (Å²) in [5, 5.41) is 20.3. The van der Waals surface area contributed by atoms with Crippen molar-refractivity contribution in [2.75, 3.05) is 17.7 Å². The molecule has 4 aromatic rings. The highest BCUT2D eigenvalue weighted by Crippen LogP contribution is 2.32. The zero-order valence-corrected chi connectivity index (χ0v) is 22.7. The van der Waals surface area contributed by atoms with E-state index in [-0.39, 0.29) is 11.8 Å². The number of nitrogens with one attached hydrogen (secondary N) is 4. The number of amides is 3. The predicted octanol–water partition coefficient (Wildman–Crippen LogP) is 4.27. The Morgan fingerprint density at radius 2 is 2.07 bits per heavy atom. The Morgan fingerprint density at radius 1 is 1.20 bits per heavy atom. The summed E-state index contributed by atoms with van der Waals surface area (Å²) in [4.78, 5) is 45.2. The molecule has 5 rings (SSSR count). The van der Waals surface area contributed by atoms with Gasteiger partial charge in [0.15, 0.2) is 0 Å². The number of rotatable bonds is 5. The Bertz CT molecular complexity index is 1600. The number of tetrazole rings is 1. The monoisotopic (exact) mass is 575 g/mol. The van der Waals surface area contributed by atoms with Crippen LogP contribution in [0.2, 0.25) is 5.02 Å². The molecule has 0 aliphatic carbocycles. The lowest BCUT2D eigenvalue weighted by molar-refractivity contribution is -0.118. The molecule has 0 saturated carbocycles. The number of fused-ring (bicyclic) bond motifs is 4. The van der Waals surface area contributed by atoms with E-state index in [4.69, 9.17) is 11.6 Å². The van der Waals surface area contributed by atoms with Crippen molar-refractivity contribution in [3.63, 3.8) is 0 Å². The first-order valence-corrected chi connectivity index (χ1v) is 13.1. The van der Waals surface area contributed by atoms with Crippen LogP contribution in [0.1, 0.15) is 43.1 Å². The quantitative estimate of drug-likeness (QED) is 0.256. The topological polar surface area (TPSA) is 169 Å². The number of anilines is 2. The number of aromatic amines is 1. The molecular weight excluding hydrogens is 550 g/mol. The van der Waals surface area contributed by atoms with E-state index in [1.54, 1.807) is 48.7 Å². The van der Waals surface area contributed by atoms with E-state index >= 15 is 0 Å². The standard InChI is InChI=1S/C27H26ClN9O4/c1-41-27(40)31-18-8-9-19-21(13-18)33-24(38)5-3-2-4-20(26-29-14-22(19)34-26)32-25(39)11-6-16-12-17(28)7-10-23(16)37-15-30-35-36-37/h6-15,20H,2-5H2,1H3,(H,29,34)(H,31,40)(H,32,39)(H,33,38)/t20-/m0/s1. The summed E-state index contributed by atoms with van der Waals surface area (Å²) < 4.78 is 6.14. The second kappa shape index (κ2) is 12.4. The number of carbonyl (C=O) groups excluding carboxylic acids is 3. The number of aromatic nitrogens is 6. The summed E-state index contributed by atoms with van der Waals surface area (Å²) in [6.45, 7) is 0. The van der Waals surface area contributed by atoms with Gasteiger partial charge in [0.25, 0.3) is 0 Å². The molecule has 2 aromatic carbocycles. The Morgan fingerprint density at radius 3 is 2.88 bits per heavy atom. The molecule has 1 aliphatic rings. The van der Waals surface area contributed by atoms with E-state index < -0.39 is 12.1 Å². The van der Waals surface area contributed by atoms with Crippen molar-refractivity contribution in [1.29, 1.82) is 0 Å².